The Morgan fingerprint density at radius 1 is 1.03 bits per heavy atom. The maximum Gasteiger partial charge on any atom is 0.335 e. The Labute approximate surface area is 192 Å². The summed E-state index contributed by atoms with van der Waals surface area (Å²) < 4.78 is 21.3. The smallest absolute Gasteiger partial charge is 0.335 e. The van der Waals surface area contributed by atoms with E-state index < -0.39 is 48.7 Å². The van der Waals surface area contributed by atoms with Crippen molar-refractivity contribution >= 4 is 16.9 Å². The standard InChI is InChI=1S/C23H22O11/c1-31-12-4-2-10(3-5-12)14-9-32-15-7-13(6-11(8-24)16(15)17(14)25)33-23-20(28)18(26)19(27)21(34-23)22(29)30/h2-7,9,18-21,23-24,26-28H,8H2,1H3,(H,29,30). The summed E-state index contributed by atoms with van der Waals surface area (Å²) in [6.45, 7) is -0.558. The summed E-state index contributed by atoms with van der Waals surface area (Å²) in [5.74, 6) is -0.978. The molecule has 1 saturated heterocycles. The molecule has 0 amide bonds. The molecule has 34 heavy (non-hydrogen) atoms. The summed E-state index contributed by atoms with van der Waals surface area (Å²) in [5.41, 5.74) is 0.639. The number of hydrogen-bond donors (Lipinski definition) is 5. The average Bonchev–Trinajstić information content (AvgIpc) is 2.84. The van der Waals surface area contributed by atoms with Crippen molar-refractivity contribution in [3.63, 3.8) is 0 Å². The molecule has 180 valence electrons. The molecule has 1 fully saturated rings. The van der Waals surface area contributed by atoms with Crippen LogP contribution in [-0.4, -0.2) is 69.3 Å². The van der Waals surface area contributed by atoms with Crippen LogP contribution in [0.4, 0.5) is 0 Å². The van der Waals surface area contributed by atoms with E-state index in [1.54, 1.807) is 24.3 Å². The molecule has 0 saturated carbocycles. The number of benzene rings is 2. The highest BCUT2D eigenvalue weighted by molar-refractivity contribution is 5.86. The first-order valence-electron chi connectivity index (χ1n) is 10.2. The Morgan fingerprint density at radius 3 is 2.35 bits per heavy atom. The van der Waals surface area contributed by atoms with Gasteiger partial charge in [0, 0.05) is 6.07 Å². The number of aliphatic carboxylic acids is 1. The molecule has 1 aliphatic rings. The Hall–Kier alpha value is -3.48. The summed E-state index contributed by atoms with van der Waals surface area (Å²) >= 11 is 0. The number of carboxylic acid groups (broad SMARTS) is 1. The van der Waals surface area contributed by atoms with E-state index >= 15 is 0 Å². The van der Waals surface area contributed by atoms with Crippen LogP contribution in [0.25, 0.3) is 22.1 Å². The van der Waals surface area contributed by atoms with Crippen LogP contribution in [0.1, 0.15) is 5.56 Å². The van der Waals surface area contributed by atoms with Crippen molar-refractivity contribution in [2.75, 3.05) is 7.11 Å². The van der Waals surface area contributed by atoms with E-state index in [9.17, 15) is 35.1 Å². The number of methoxy groups -OCH3 is 1. The van der Waals surface area contributed by atoms with Crippen LogP contribution >= 0.6 is 0 Å². The summed E-state index contributed by atoms with van der Waals surface area (Å²) in [6, 6.07) is 9.36. The van der Waals surface area contributed by atoms with Crippen LogP contribution in [-0.2, 0) is 16.1 Å². The van der Waals surface area contributed by atoms with Gasteiger partial charge in [0.25, 0.3) is 0 Å². The molecule has 1 aromatic heterocycles. The molecule has 0 spiro atoms. The molecule has 0 radical (unpaired) electrons. The van der Waals surface area contributed by atoms with Gasteiger partial charge in [0.2, 0.25) is 11.7 Å². The van der Waals surface area contributed by atoms with Gasteiger partial charge in [-0.1, -0.05) is 12.1 Å². The molecule has 0 bridgehead atoms. The van der Waals surface area contributed by atoms with E-state index in [4.69, 9.17) is 18.6 Å². The minimum absolute atomic E-state index is 0.0336. The number of fused-ring (bicyclic) bond motifs is 1. The van der Waals surface area contributed by atoms with E-state index in [0.29, 0.717) is 11.3 Å². The van der Waals surface area contributed by atoms with Gasteiger partial charge in [-0.05, 0) is 29.3 Å². The van der Waals surface area contributed by atoms with Gasteiger partial charge >= 0.3 is 5.97 Å². The molecule has 3 aromatic rings. The fourth-order valence-corrected chi connectivity index (χ4v) is 3.75. The molecule has 11 nitrogen and oxygen atoms in total. The van der Waals surface area contributed by atoms with E-state index in [2.05, 4.69) is 0 Å². The molecule has 5 N–H and O–H groups in total. The number of carbonyl (C=O) groups is 1. The largest absolute Gasteiger partial charge is 0.497 e. The number of carboxylic acids is 1. The first kappa shape index (κ1) is 23.7. The Balaban J connectivity index is 1.70. The minimum atomic E-state index is -1.87. The van der Waals surface area contributed by atoms with E-state index in [-0.39, 0.29) is 27.8 Å². The average molecular weight is 474 g/mol. The van der Waals surface area contributed by atoms with Gasteiger partial charge in [0.05, 0.1) is 24.7 Å². The van der Waals surface area contributed by atoms with Crippen molar-refractivity contribution in [1.82, 2.24) is 0 Å². The number of ether oxygens (including phenoxy) is 3. The fraction of sp³-hybridized carbons (Fsp3) is 0.304. The van der Waals surface area contributed by atoms with Crippen LogP contribution < -0.4 is 14.9 Å². The van der Waals surface area contributed by atoms with Crippen molar-refractivity contribution in [3.8, 4) is 22.6 Å². The zero-order chi connectivity index (χ0) is 24.6. The second kappa shape index (κ2) is 9.41. The summed E-state index contributed by atoms with van der Waals surface area (Å²) in [7, 11) is 1.52. The first-order valence-corrected chi connectivity index (χ1v) is 10.2. The van der Waals surface area contributed by atoms with Crippen LogP contribution in [0, 0.1) is 0 Å². The minimum Gasteiger partial charge on any atom is -0.497 e. The molecule has 5 atom stereocenters. The predicted octanol–water partition coefficient (Wildman–Crippen LogP) is 0.232. The van der Waals surface area contributed by atoms with Crippen molar-refractivity contribution in [2.24, 2.45) is 0 Å². The maximum atomic E-state index is 13.2. The molecule has 0 aliphatic carbocycles. The molecule has 4 rings (SSSR count). The van der Waals surface area contributed by atoms with Crippen molar-refractivity contribution in [3.05, 3.63) is 58.4 Å². The van der Waals surface area contributed by atoms with Gasteiger partial charge in [-0.25, -0.2) is 4.79 Å². The number of rotatable bonds is 6. The highest BCUT2D eigenvalue weighted by Crippen LogP contribution is 2.30. The third-order valence-electron chi connectivity index (χ3n) is 5.57. The van der Waals surface area contributed by atoms with Crippen molar-refractivity contribution < 1.29 is 49.0 Å². The Kier molecular flexibility index (Phi) is 6.55. The number of aliphatic hydroxyl groups is 4. The van der Waals surface area contributed by atoms with Crippen LogP contribution in [0.2, 0.25) is 0 Å². The van der Waals surface area contributed by atoms with Crippen molar-refractivity contribution in [2.45, 2.75) is 37.3 Å². The van der Waals surface area contributed by atoms with Gasteiger partial charge in [0.1, 0.15) is 41.7 Å². The molecular weight excluding hydrogens is 452 g/mol. The topological polar surface area (TPSA) is 176 Å². The van der Waals surface area contributed by atoms with Gasteiger partial charge < -0.3 is 44.2 Å². The quantitative estimate of drug-likeness (QED) is 0.331. The molecule has 11 heteroatoms. The predicted molar refractivity (Wildman–Crippen MR) is 115 cm³/mol. The van der Waals surface area contributed by atoms with Crippen LogP contribution in [0.3, 0.4) is 0 Å². The molecular formula is C23H22O11. The van der Waals surface area contributed by atoms with E-state index in [1.807, 2.05) is 0 Å². The lowest BCUT2D eigenvalue weighted by atomic mass is 9.99. The first-order chi connectivity index (χ1) is 16.2. The summed E-state index contributed by atoms with van der Waals surface area (Å²) in [6.07, 6.45) is -7.73. The fourth-order valence-electron chi connectivity index (χ4n) is 3.75. The van der Waals surface area contributed by atoms with Gasteiger partial charge in [-0.3, -0.25) is 4.79 Å². The molecule has 2 aromatic carbocycles. The van der Waals surface area contributed by atoms with Crippen molar-refractivity contribution in [1.29, 1.82) is 0 Å². The lowest BCUT2D eigenvalue weighted by Gasteiger charge is -2.38. The van der Waals surface area contributed by atoms with Gasteiger partial charge in [-0.15, -0.1) is 0 Å². The van der Waals surface area contributed by atoms with Gasteiger partial charge in [0.15, 0.2) is 6.10 Å². The number of hydrogen-bond acceptors (Lipinski definition) is 10. The monoisotopic (exact) mass is 474 g/mol. The third-order valence-corrected chi connectivity index (χ3v) is 5.57. The molecule has 2 heterocycles. The summed E-state index contributed by atoms with van der Waals surface area (Å²) in [5, 5.41) is 49.1. The molecule has 1 aliphatic heterocycles. The SMILES string of the molecule is COc1ccc(-c2coc3cc(OC4OC(C(=O)O)C(O)C(O)C4O)cc(CO)c3c2=O)cc1. The second-order valence-corrected chi connectivity index (χ2v) is 7.67. The lowest BCUT2D eigenvalue weighted by Crippen LogP contribution is -2.61. The third kappa shape index (κ3) is 4.22. The van der Waals surface area contributed by atoms with Crippen LogP contribution in [0.5, 0.6) is 11.5 Å². The maximum absolute atomic E-state index is 13.2. The zero-order valence-electron chi connectivity index (χ0n) is 17.8. The molecule has 5 unspecified atom stereocenters. The normalized spacial score (nSPS) is 24.7. The zero-order valence-corrected chi connectivity index (χ0v) is 17.8. The number of aliphatic hydroxyl groups excluding tert-OH is 4. The van der Waals surface area contributed by atoms with Crippen LogP contribution in [0.15, 0.2) is 51.9 Å². The highest BCUT2D eigenvalue weighted by Gasteiger charge is 2.48. The Bertz CT molecular complexity index is 1250. The van der Waals surface area contributed by atoms with E-state index in [0.717, 1.165) is 0 Å². The lowest BCUT2D eigenvalue weighted by molar-refractivity contribution is -0.271. The van der Waals surface area contributed by atoms with Gasteiger partial charge in [-0.2, -0.15) is 0 Å². The van der Waals surface area contributed by atoms with E-state index in [1.165, 1.54) is 25.5 Å². The summed E-state index contributed by atoms with van der Waals surface area (Å²) in [4.78, 5) is 24.5. The Morgan fingerprint density at radius 2 is 1.74 bits per heavy atom. The highest BCUT2D eigenvalue weighted by atomic mass is 16.7. The second-order valence-electron chi connectivity index (χ2n) is 7.67.